The van der Waals surface area contributed by atoms with Crippen LogP contribution in [0.15, 0.2) is 42.5 Å². The number of hydrogen-bond donors (Lipinski definition) is 0. The highest BCUT2D eigenvalue weighted by molar-refractivity contribution is 6.17. The maximum Gasteiger partial charge on any atom is 0.270 e. The second kappa shape index (κ2) is 6.25. The number of hydrogen-bond acceptors (Lipinski definition) is 4. The summed E-state index contributed by atoms with van der Waals surface area (Å²) in [5.41, 5.74) is 0.544. The Kier molecular flexibility index (Phi) is 4.42. The Morgan fingerprint density at radius 1 is 1.20 bits per heavy atom. The molecule has 0 radical (unpaired) electrons. The van der Waals surface area contributed by atoms with Crippen molar-refractivity contribution in [3.63, 3.8) is 0 Å². The van der Waals surface area contributed by atoms with Gasteiger partial charge in [0.2, 0.25) is 0 Å². The molecular weight excluding hydrogens is 282 g/mol. The van der Waals surface area contributed by atoms with Gasteiger partial charge in [0.25, 0.3) is 5.69 Å². The Morgan fingerprint density at radius 3 is 2.60 bits per heavy atom. The number of alkyl halides is 1. The SMILES string of the molecule is COc1cccc(Oc2ccc([N+](=O)[O-])cc2CCl)c1. The molecule has 0 saturated heterocycles. The maximum absolute atomic E-state index is 10.7. The molecule has 0 saturated carbocycles. The third kappa shape index (κ3) is 3.19. The van der Waals surface area contributed by atoms with Gasteiger partial charge in [0.05, 0.1) is 17.9 Å². The van der Waals surface area contributed by atoms with E-state index in [9.17, 15) is 10.1 Å². The zero-order valence-corrected chi connectivity index (χ0v) is 11.5. The molecule has 0 N–H and O–H groups in total. The topological polar surface area (TPSA) is 61.6 Å². The first-order valence-electron chi connectivity index (χ1n) is 5.79. The highest BCUT2D eigenvalue weighted by atomic mass is 35.5. The fourth-order valence-electron chi connectivity index (χ4n) is 1.68. The number of nitrogens with zero attached hydrogens (tertiary/aromatic N) is 1. The summed E-state index contributed by atoms with van der Waals surface area (Å²) in [6.07, 6.45) is 0. The van der Waals surface area contributed by atoms with Gasteiger partial charge in [-0.05, 0) is 18.2 Å². The minimum Gasteiger partial charge on any atom is -0.497 e. The van der Waals surface area contributed by atoms with Crippen molar-refractivity contribution >= 4 is 17.3 Å². The molecule has 0 atom stereocenters. The highest BCUT2D eigenvalue weighted by Gasteiger charge is 2.12. The third-order valence-corrected chi connectivity index (χ3v) is 2.96. The summed E-state index contributed by atoms with van der Waals surface area (Å²) < 4.78 is 10.8. The van der Waals surface area contributed by atoms with Crippen LogP contribution in [0.1, 0.15) is 5.56 Å². The quantitative estimate of drug-likeness (QED) is 0.472. The summed E-state index contributed by atoms with van der Waals surface area (Å²) >= 11 is 5.81. The van der Waals surface area contributed by atoms with Crippen molar-refractivity contribution in [2.45, 2.75) is 5.88 Å². The molecule has 6 heteroatoms. The van der Waals surface area contributed by atoms with Gasteiger partial charge in [-0.25, -0.2) is 0 Å². The molecule has 2 aromatic carbocycles. The lowest BCUT2D eigenvalue weighted by Crippen LogP contribution is -1.94. The van der Waals surface area contributed by atoms with E-state index < -0.39 is 4.92 Å². The van der Waals surface area contributed by atoms with E-state index in [1.165, 1.54) is 18.2 Å². The van der Waals surface area contributed by atoms with E-state index in [0.717, 1.165) is 0 Å². The number of ether oxygens (including phenoxy) is 2. The van der Waals surface area contributed by atoms with Crippen LogP contribution in [0.3, 0.4) is 0 Å². The standard InChI is InChI=1S/C14H12ClNO4/c1-19-12-3-2-4-13(8-12)20-14-6-5-11(16(17)18)7-10(14)9-15/h2-8H,9H2,1H3. The van der Waals surface area contributed by atoms with Crippen LogP contribution in [0, 0.1) is 10.1 Å². The van der Waals surface area contributed by atoms with Crippen LogP contribution in [0.5, 0.6) is 17.2 Å². The summed E-state index contributed by atoms with van der Waals surface area (Å²) in [5, 5.41) is 10.7. The molecule has 0 unspecified atom stereocenters. The number of rotatable bonds is 5. The molecule has 2 aromatic rings. The van der Waals surface area contributed by atoms with Gasteiger partial charge in [-0.15, -0.1) is 11.6 Å². The molecule has 0 spiro atoms. The Hall–Kier alpha value is -2.27. The first kappa shape index (κ1) is 14.1. The van der Waals surface area contributed by atoms with E-state index in [0.29, 0.717) is 22.8 Å². The largest absolute Gasteiger partial charge is 0.497 e. The molecule has 0 aliphatic rings. The third-order valence-electron chi connectivity index (χ3n) is 2.67. The van der Waals surface area contributed by atoms with E-state index in [1.54, 1.807) is 31.4 Å². The number of methoxy groups -OCH3 is 1. The van der Waals surface area contributed by atoms with Crippen LogP contribution < -0.4 is 9.47 Å². The smallest absolute Gasteiger partial charge is 0.270 e. The molecule has 5 nitrogen and oxygen atoms in total. The van der Waals surface area contributed by atoms with Crippen molar-refractivity contribution in [2.24, 2.45) is 0 Å². The van der Waals surface area contributed by atoms with Gasteiger partial charge < -0.3 is 9.47 Å². The van der Waals surface area contributed by atoms with E-state index in [4.69, 9.17) is 21.1 Å². The Morgan fingerprint density at radius 2 is 1.95 bits per heavy atom. The summed E-state index contributed by atoms with van der Waals surface area (Å²) in [7, 11) is 1.56. The predicted octanol–water partition coefficient (Wildman–Crippen LogP) is 4.13. The van der Waals surface area contributed by atoms with Gasteiger partial charge in [0, 0.05) is 23.8 Å². The fraction of sp³-hybridized carbons (Fsp3) is 0.143. The number of benzene rings is 2. The van der Waals surface area contributed by atoms with Crippen LogP contribution in [0.4, 0.5) is 5.69 Å². The van der Waals surface area contributed by atoms with Crippen molar-refractivity contribution in [1.82, 2.24) is 0 Å². The summed E-state index contributed by atoms with van der Waals surface area (Å²) in [6, 6.07) is 11.4. The fourth-order valence-corrected chi connectivity index (χ4v) is 1.88. The number of nitro benzene ring substituents is 1. The molecule has 0 aliphatic carbocycles. The van der Waals surface area contributed by atoms with Crippen molar-refractivity contribution in [3.05, 3.63) is 58.1 Å². The minimum atomic E-state index is -0.467. The molecule has 0 bridgehead atoms. The van der Waals surface area contributed by atoms with Crippen molar-refractivity contribution in [2.75, 3.05) is 7.11 Å². The first-order valence-corrected chi connectivity index (χ1v) is 6.32. The summed E-state index contributed by atoms with van der Waals surface area (Å²) in [6.45, 7) is 0. The second-order valence-corrected chi connectivity index (χ2v) is 4.23. The molecule has 0 aliphatic heterocycles. The zero-order valence-electron chi connectivity index (χ0n) is 10.7. The van der Waals surface area contributed by atoms with E-state index in [2.05, 4.69) is 0 Å². The second-order valence-electron chi connectivity index (χ2n) is 3.96. The highest BCUT2D eigenvalue weighted by Crippen LogP contribution is 2.31. The lowest BCUT2D eigenvalue weighted by molar-refractivity contribution is -0.384. The van der Waals surface area contributed by atoms with Crippen molar-refractivity contribution in [1.29, 1.82) is 0 Å². The Labute approximate surface area is 120 Å². The predicted molar refractivity (Wildman–Crippen MR) is 75.7 cm³/mol. The average molecular weight is 294 g/mol. The van der Waals surface area contributed by atoms with Gasteiger partial charge in [0.1, 0.15) is 17.2 Å². The van der Waals surface area contributed by atoms with Crippen molar-refractivity contribution < 1.29 is 14.4 Å². The normalized spacial score (nSPS) is 10.1. The Bertz CT molecular complexity index is 630. The molecule has 2 rings (SSSR count). The lowest BCUT2D eigenvalue weighted by Gasteiger charge is -2.10. The molecule has 0 fully saturated rings. The molecule has 20 heavy (non-hydrogen) atoms. The summed E-state index contributed by atoms with van der Waals surface area (Å²) in [4.78, 5) is 10.3. The van der Waals surface area contributed by atoms with Gasteiger partial charge in [-0.2, -0.15) is 0 Å². The molecule has 0 heterocycles. The van der Waals surface area contributed by atoms with E-state index >= 15 is 0 Å². The van der Waals surface area contributed by atoms with E-state index in [1.807, 2.05) is 0 Å². The molecular formula is C14H12ClNO4. The number of halogens is 1. The molecule has 0 amide bonds. The van der Waals surface area contributed by atoms with Gasteiger partial charge in [0.15, 0.2) is 0 Å². The van der Waals surface area contributed by atoms with Gasteiger partial charge in [-0.1, -0.05) is 6.07 Å². The van der Waals surface area contributed by atoms with Crippen molar-refractivity contribution in [3.8, 4) is 17.2 Å². The monoisotopic (exact) mass is 293 g/mol. The average Bonchev–Trinajstić information content (AvgIpc) is 2.47. The van der Waals surface area contributed by atoms with Crippen LogP contribution in [-0.4, -0.2) is 12.0 Å². The molecule has 0 aromatic heterocycles. The summed E-state index contributed by atoms with van der Waals surface area (Å²) in [5.74, 6) is 1.85. The number of nitro groups is 1. The number of non-ortho nitro benzene ring substituents is 1. The minimum absolute atomic E-state index is 0.0151. The van der Waals surface area contributed by atoms with Crippen LogP contribution >= 0.6 is 11.6 Å². The van der Waals surface area contributed by atoms with Gasteiger partial charge >= 0.3 is 0 Å². The van der Waals surface area contributed by atoms with Crippen LogP contribution in [0.25, 0.3) is 0 Å². The first-order chi connectivity index (χ1) is 9.63. The zero-order chi connectivity index (χ0) is 14.5. The maximum atomic E-state index is 10.7. The lowest BCUT2D eigenvalue weighted by atomic mass is 10.2. The van der Waals surface area contributed by atoms with Gasteiger partial charge in [-0.3, -0.25) is 10.1 Å². The van der Waals surface area contributed by atoms with Crippen LogP contribution in [0.2, 0.25) is 0 Å². The molecule has 104 valence electrons. The van der Waals surface area contributed by atoms with Crippen LogP contribution in [-0.2, 0) is 5.88 Å². The van der Waals surface area contributed by atoms with E-state index in [-0.39, 0.29) is 11.6 Å². The Balaban J connectivity index is 2.30.